The molecule has 1 unspecified atom stereocenters. The van der Waals surface area contributed by atoms with Crippen molar-refractivity contribution in [2.24, 2.45) is 0 Å². The molecule has 3 heteroatoms. The molecule has 2 nitrogen and oxygen atoms in total. The van der Waals surface area contributed by atoms with Crippen molar-refractivity contribution in [2.75, 3.05) is 0 Å². The molecule has 0 saturated carbocycles. The van der Waals surface area contributed by atoms with Crippen LogP contribution >= 0.6 is 0 Å². The molecule has 37 heavy (non-hydrogen) atoms. The summed E-state index contributed by atoms with van der Waals surface area (Å²) in [6, 6.07) is 20.5. The van der Waals surface area contributed by atoms with E-state index in [9.17, 15) is 0 Å². The van der Waals surface area contributed by atoms with E-state index in [0.717, 1.165) is 11.9 Å². The number of hydrogen-bond acceptors (Lipinski definition) is 2. The molecule has 3 aromatic rings. The van der Waals surface area contributed by atoms with Gasteiger partial charge in [0.1, 0.15) is 0 Å². The van der Waals surface area contributed by atoms with Crippen LogP contribution in [-0.2, 0) is 14.7 Å². The molecule has 0 radical (unpaired) electrons. The highest BCUT2D eigenvalue weighted by atomic mass is 16.7. The maximum Gasteiger partial charge on any atom is 0.495 e. The highest BCUT2D eigenvalue weighted by Gasteiger charge is 2.58. The Morgan fingerprint density at radius 3 is 2.14 bits per heavy atom. The van der Waals surface area contributed by atoms with Crippen molar-refractivity contribution < 1.29 is 9.31 Å². The monoisotopic (exact) mass is 482 g/mol. The minimum absolute atomic E-state index is 0.416. The zero-order chi connectivity index (χ0) is 25.7. The third kappa shape index (κ3) is 2.86. The van der Waals surface area contributed by atoms with Crippen LogP contribution in [-0.4, -0.2) is 18.3 Å². The first-order valence-electron chi connectivity index (χ1n) is 13.3. The summed E-state index contributed by atoms with van der Waals surface area (Å²) in [6.45, 7) is 12.9. The van der Waals surface area contributed by atoms with E-state index >= 15 is 0 Å². The summed E-state index contributed by atoms with van der Waals surface area (Å²) in [5, 5.41) is 0. The number of aryl methyl sites for hydroxylation is 2. The molecule has 1 heterocycles. The van der Waals surface area contributed by atoms with Crippen LogP contribution < -0.4 is 5.46 Å². The summed E-state index contributed by atoms with van der Waals surface area (Å²) < 4.78 is 13.4. The minimum atomic E-state index is -0.447. The lowest BCUT2D eigenvalue weighted by atomic mass is 9.62. The third-order valence-electron chi connectivity index (χ3n) is 9.20. The van der Waals surface area contributed by atoms with Crippen molar-refractivity contribution in [2.45, 2.75) is 64.6 Å². The SMILES string of the molecule is Cc1ccc2c(c1)C1(C3=C2C=CC#CC3)c2cc(C)ccc2-c2cccc(B3OC(C)(C)C(C)(C)O3)c21. The summed E-state index contributed by atoms with van der Waals surface area (Å²) in [5.41, 5.74) is 12.9. The fourth-order valence-electron chi connectivity index (χ4n) is 6.78. The van der Waals surface area contributed by atoms with Crippen LogP contribution in [0.15, 0.2) is 72.3 Å². The average Bonchev–Trinajstić information content (AvgIpc) is 3.25. The number of benzene rings is 3. The van der Waals surface area contributed by atoms with Gasteiger partial charge in [-0.25, -0.2) is 0 Å². The van der Waals surface area contributed by atoms with Crippen LogP contribution in [0.5, 0.6) is 0 Å². The summed E-state index contributed by atoms with van der Waals surface area (Å²) in [6.07, 6.45) is 4.96. The van der Waals surface area contributed by atoms with Gasteiger partial charge in [-0.05, 0) is 104 Å². The molecule has 1 spiro atoms. The Hall–Kier alpha value is -3.32. The van der Waals surface area contributed by atoms with E-state index in [2.05, 4.69) is 114 Å². The van der Waals surface area contributed by atoms with Gasteiger partial charge in [-0.15, -0.1) is 0 Å². The van der Waals surface area contributed by atoms with Crippen LogP contribution in [0.4, 0.5) is 0 Å². The molecule has 1 aliphatic heterocycles. The maximum atomic E-state index is 6.69. The number of hydrogen-bond donors (Lipinski definition) is 0. The molecule has 1 atom stereocenters. The second kappa shape index (κ2) is 7.38. The largest absolute Gasteiger partial charge is 0.495 e. The Morgan fingerprint density at radius 2 is 1.43 bits per heavy atom. The van der Waals surface area contributed by atoms with Gasteiger partial charge in [0, 0.05) is 6.42 Å². The zero-order valence-electron chi connectivity index (χ0n) is 22.5. The van der Waals surface area contributed by atoms with Gasteiger partial charge < -0.3 is 9.31 Å². The lowest BCUT2D eigenvalue weighted by Crippen LogP contribution is -2.42. The summed E-state index contributed by atoms with van der Waals surface area (Å²) in [4.78, 5) is 0. The zero-order valence-corrected chi connectivity index (χ0v) is 22.5. The third-order valence-corrected chi connectivity index (χ3v) is 9.20. The molecule has 0 N–H and O–H groups in total. The molecule has 0 aromatic heterocycles. The Bertz CT molecular complexity index is 1630. The van der Waals surface area contributed by atoms with Crippen LogP contribution in [0.2, 0.25) is 0 Å². The van der Waals surface area contributed by atoms with Gasteiger partial charge in [0.25, 0.3) is 0 Å². The molecular formula is C34H31BO2. The van der Waals surface area contributed by atoms with Gasteiger partial charge in [-0.2, -0.15) is 0 Å². The lowest BCUT2D eigenvalue weighted by molar-refractivity contribution is 0.00578. The molecule has 4 aliphatic rings. The number of allylic oxidation sites excluding steroid dienone is 4. The Morgan fingerprint density at radius 1 is 0.784 bits per heavy atom. The molecule has 1 saturated heterocycles. The average molecular weight is 482 g/mol. The fourth-order valence-corrected chi connectivity index (χ4v) is 6.78. The van der Waals surface area contributed by atoms with Crippen molar-refractivity contribution in [3.8, 4) is 23.0 Å². The van der Waals surface area contributed by atoms with Gasteiger partial charge in [0.15, 0.2) is 0 Å². The van der Waals surface area contributed by atoms with E-state index in [1.54, 1.807) is 0 Å². The number of rotatable bonds is 1. The molecule has 1 fully saturated rings. The predicted molar refractivity (Wildman–Crippen MR) is 152 cm³/mol. The quantitative estimate of drug-likeness (QED) is 0.286. The molecule has 0 bridgehead atoms. The van der Waals surface area contributed by atoms with Gasteiger partial charge in [0.2, 0.25) is 0 Å². The van der Waals surface area contributed by atoms with E-state index in [1.165, 1.54) is 55.7 Å². The number of fused-ring (bicyclic) bond motifs is 9. The topological polar surface area (TPSA) is 18.5 Å². The van der Waals surface area contributed by atoms with Gasteiger partial charge >= 0.3 is 7.12 Å². The van der Waals surface area contributed by atoms with E-state index in [4.69, 9.17) is 9.31 Å². The van der Waals surface area contributed by atoms with Gasteiger partial charge in [0.05, 0.1) is 16.6 Å². The van der Waals surface area contributed by atoms with E-state index in [-0.39, 0.29) is 0 Å². The van der Waals surface area contributed by atoms with Crippen molar-refractivity contribution in [1.29, 1.82) is 0 Å². The van der Waals surface area contributed by atoms with Crippen LogP contribution in [0.3, 0.4) is 0 Å². The van der Waals surface area contributed by atoms with Crippen molar-refractivity contribution in [3.63, 3.8) is 0 Å². The maximum absolute atomic E-state index is 6.69. The Balaban J connectivity index is 1.62. The second-order valence-electron chi connectivity index (χ2n) is 11.9. The minimum Gasteiger partial charge on any atom is -0.399 e. The summed E-state index contributed by atoms with van der Waals surface area (Å²) >= 11 is 0. The normalized spacial score (nSPS) is 23.4. The lowest BCUT2D eigenvalue weighted by Gasteiger charge is -2.34. The van der Waals surface area contributed by atoms with Crippen molar-refractivity contribution in [1.82, 2.24) is 0 Å². The highest BCUT2D eigenvalue weighted by molar-refractivity contribution is 6.63. The molecule has 7 rings (SSSR count). The first-order valence-corrected chi connectivity index (χ1v) is 13.3. The first kappa shape index (κ1) is 22.8. The first-order chi connectivity index (χ1) is 17.6. The van der Waals surface area contributed by atoms with Crippen molar-refractivity contribution >= 4 is 18.2 Å². The predicted octanol–water partition coefficient (Wildman–Crippen LogP) is 6.65. The second-order valence-corrected chi connectivity index (χ2v) is 11.9. The van der Waals surface area contributed by atoms with Gasteiger partial charge in [-0.1, -0.05) is 77.6 Å². The molecular weight excluding hydrogens is 451 g/mol. The van der Waals surface area contributed by atoms with Crippen LogP contribution in [0.25, 0.3) is 16.7 Å². The highest BCUT2D eigenvalue weighted by Crippen LogP contribution is 2.62. The molecule has 3 aliphatic carbocycles. The summed E-state index contributed by atoms with van der Waals surface area (Å²) in [7, 11) is -0.447. The van der Waals surface area contributed by atoms with E-state index in [1.807, 2.05) is 6.08 Å². The van der Waals surface area contributed by atoms with Gasteiger partial charge in [-0.3, -0.25) is 0 Å². The van der Waals surface area contributed by atoms with E-state index < -0.39 is 23.7 Å². The smallest absolute Gasteiger partial charge is 0.399 e. The fraction of sp³-hybridized carbons (Fsp3) is 0.294. The standard InChI is InChI=1S/C34H31BO2/c1-21-15-17-24-23-11-8-7-9-13-27(23)34(28(24)19-21)29-20-22(2)16-18-25(29)26-12-10-14-30(31(26)34)35-36-32(3,4)33(5,6)37-35/h8,10-12,14-20H,13H2,1-6H3. The summed E-state index contributed by atoms with van der Waals surface area (Å²) in [5.74, 6) is 6.71. The molecule has 3 aromatic carbocycles. The van der Waals surface area contributed by atoms with Crippen LogP contribution in [0.1, 0.15) is 67.5 Å². The Kier molecular flexibility index (Phi) is 4.56. The van der Waals surface area contributed by atoms with E-state index in [0.29, 0.717) is 0 Å². The Labute approximate surface area is 220 Å². The van der Waals surface area contributed by atoms with Crippen LogP contribution in [0, 0.1) is 25.7 Å². The van der Waals surface area contributed by atoms with Crippen molar-refractivity contribution in [3.05, 3.63) is 106 Å². The molecule has 182 valence electrons. The molecule has 0 amide bonds.